The van der Waals surface area contributed by atoms with Crippen molar-refractivity contribution < 1.29 is 9.13 Å². The van der Waals surface area contributed by atoms with E-state index in [0.29, 0.717) is 47.9 Å². The van der Waals surface area contributed by atoms with Gasteiger partial charge in [0.1, 0.15) is 11.5 Å². The van der Waals surface area contributed by atoms with Crippen LogP contribution in [-0.4, -0.2) is 28.9 Å². The summed E-state index contributed by atoms with van der Waals surface area (Å²) in [6, 6.07) is 12.0. The average molecular weight is 518 g/mol. The van der Waals surface area contributed by atoms with Gasteiger partial charge in [0.25, 0.3) is 5.56 Å². The quantitative estimate of drug-likeness (QED) is 0.356. The summed E-state index contributed by atoms with van der Waals surface area (Å²) in [4.78, 5) is 19.0. The molecule has 1 aliphatic heterocycles. The lowest BCUT2D eigenvalue weighted by Gasteiger charge is -2.19. The van der Waals surface area contributed by atoms with Crippen molar-refractivity contribution in [2.24, 2.45) is 0 Å². The molecule has 0 spiro atoms. The van der Waals surface area contributed by atoms with Gasteiger partial charge in [0.2, 0.25) is 5.95 Å². The molecule has 0 atom stereocenters. The predicted molar refractivity (Wildman–Crippen MR) is 149 cm³/mol. The van der Waals surface area contributed by atoms with E-state index in [9.17, 15) is 9.18 Å². The summed E-state index contributed by atoms with van der Waals surface area (Å²) < 4.78 is 21.9. The number of ether oxygens (including phenoxy) is 1. The highest BCUT2D eigenvalue weighted by Crippen LogP contribution is 2.32. The number of nitrogens with one attached hydrogen (secondary N) is 2. The molecule has 0 radical (unpaired) electrons. The Kier molecular flexibility index (Phi) is 11.0. The Balaban J connectivity index is 0.00000109. The van der Waals surface area contributed by atoms with Crippen LogP contribution in [0.25, 0.3) is 0 Å². The molecule has 2 N–H and O–H groups in total. The van der Waals surface area contributed by atoms with Crippen molar-refractivity contribution >= 4 is 34.7 Å². The Morgan fingerprint density at radius 3 is 2.39 bits per heavy atom. The molecule has 3 aromatic rings. The third-order valence-corrected chi connectivity index (χ3v) is 5.35. The highest BCUT2D eigenvalue weighted by atomic mass is 35.5. The Hall–Kier alpha value is -3.26. The van der Waals surface area contributed by atoms with Gasteiger partial charge < -0.3 is 20.3 Å². The molecule has 0 saturated heterocycles. The van der Waals surface area contributed by atoms with E-state index in [4.69, 9.17) is 16.3 Å². The van der Waals surface area contributed by atoms with Crippen LogP contribution in [0.1, 0.15) is 54.0 Å². The van der Waals surface area contributed by atoms with Gasteiger partial charge >= 0.3 is 0 Å². The zero-order valence-corrected chi connectivity index (χ0v) is 22.9. The minimum Gasteiger partial charge on any atom is -0.488 e. The lowest BCUT2D eigenvalue weighted by Crippen LogP contribution is -2.27. The number of rotatable bonds is 7. The molecule has 2 aromatic carbocycles. The van der Waals surface area contributed by atoms with Gasteiger partial charge in [-0.05, 0) is 50.6 Å². The lowest BCUT2D eigenvalue weighted by atomic mass is 10.2. The van der Waals surface area contributed by atoms with E-state index in [2.05, 4.69) is 15.6 Å². The largest absolute Gasteiger partial charge is 0.488 e. The monoisotopic (exact) mass is 517 g/mol. The van der Waals surface area contributed by atoms with Gasteiger partial charge in [-0.2, -0.15) is 4.98 Å². The fourth-order valence-electron chi connectivity index (χ4n) is 3.61. The minimum atomic E-state index is -0.494. The fourth-order valence-corrected chi connectivity index (χ4v) is 3.73. The number of hydrogen-bond acceptors (Lipinski definition) is 6. The number of halogens is 2. The van der Waals surface area contributed by atoms with Crippen molar-refractivity contribution in [2.75, 3.05) is 28.7 Å². The van der Waals surface area contributed by atoms with Crippen molar-refractivity contribution in [2.45, 2.75) is 61.1 Å². The van der Waals surface area contributed by atoms with Crippen LogP contribution in [0.4, 0.5) is 27.5 Å². The zero-order valence-electron chi connectivity index (χ0n) is 22.2. The van der Waals surface area contributed by atoms with Crippen LogP contribution in [-0.2, 0) is 6.54 Å². The maximum Gasteiger partial charge on any atom is 0.300 e. The summed E-state index contributed by atoms with van der Waals surface area (Å²) in [5.41, 5.74) is 1.62. The number of hydrogen-bond donors (Lipinski definition) is 2. The summed E-state index contributed by atoms with van der Waals surface area (Å²) >= 11 is 6.03. The van der Waals surface area contributed by atoms with E-state index in [1.165, 1.54) is 6.07 Å². The van der Waals surface area contributed by atoms with Gasteiger partial charge in [-0.25, -0.2) is 4.39 Å². The van der Waals surface area contributed by atoms with Gasteiger partial charge in [-0.15, -0.1) is 0 Å². The fraction of sp³-hybridized carbons (Fsp3) is 0.407. The molecule has 0 amide bonds. The Morgan fingerprint density at radius 2 is 1.81 bits per heavy atom. The Bertz CT molecular complexity index is 1180. The summed E-state index contributed by atoms with van der Waals surface area (Å²) in [5.74, 6) is 0.661. The summed E-state index contributed by atoms with van der Waals surface area (Å²) in [6.07, 6.45) is -0.140. The third-order valence-electron chi connectivity index (χ3n) is 5.10. The van der Waals surface area contributed by atoms with Crippen molar-refractivity contribution in [1.29, 1.82) is 0 Å². The van der Waals surface area contributed by atoms with Crippen LogP contribution in [0, 0.1) is 5.82 Å². The van der Waals surface area contributed by atoms with Crippen LogP contribution < -0.4 is 25.8 Å². The molecule has 1 aliphatic rings. The normalized spacial score (nSPS) is 11.6. The van der Waals surface area contributed by atoms with E-state index in [1.54, 1.807) is 12.1 Å². The average Bonchev–Trinajstić information content (AvgIpc) is 3.32. The topological polar surface area (TPSA) is 71.4 Å². The van der Waals surface area contributed by atoms with Crippen LogP contribution in [0.2, 0.25) is 5.02 Å². The summed E-state index contributed by atoms with van der Waals surface area (Å²) in [5, 5.41) is 7.04. The SMILES string of the molecule is CC.CC.CCN1CNc2c1c(=O)nc(Nc1ccc(OC(C)C)c(F)c1)n2Cc1ccc(Cl)cc1. The smallest absolute Gasteiger partial charge is 0.300 e. The number of aromatic nitrogens is 2. The maximum absolute atomic E-state index is 14.5. The van der Waals surface area contributed by atoms with Crippen molar-refractivity contribution in [3.63, 3.8) is 0 Å². The second kappa shape index (κ2) is 13.7. The maximum atomic E-state index is 14.5. The molecule has 2 heterocycles. The molecule has 0 fully saturated rings. The van der Waals surface area contributed by atoms with Gasteiger partial charge in [0.05, 0.1) is 19.3 Å². The number of fused-ring (bicyclic) bond motifs is 1. The predicted octanol–water partition coefficient (Wildman–Crippen LogP) is 6.88. The summed E-state index contributed by atoms with van der Waals surface area (Å²) in [6.45, 7) is 15.3. The van der Waals surface area contributed by atoms with E-state index in [1.807, 2.05) is 82.2 Å². The molecule has 7 nitrogen and oxygen atoms in total. The summed E-state index contributed by atoms with van der Waals surface area (Å²) in [7, 11) is 0. The molecule has 1 aromatic heterocycles. The molecule has 36 heavy (non-hydrogen) atoms. The standard InChI is InChI=1S/C23H25ClFN5O2.2C2H6/c1-4-29-13-26-21-20(29)22(31)28-23(30(21)12-15-5-7-16(24)8-6-15)27-17-9-10-19(18(25)11-17)32-14(2)3;2*1-2/h5-11,14,26H,4,12-13H2,1-3H3,(H,27,28,31);2*1-2H3. The minimum absolute atomic E-state index is 0.140. The number of benzene rings is 2. The highest BCUT2D eigenvalue weighted by molar-refractivity contribution is 6.30. The van der Waals surface area contributed by atoms with Gasteiger partial charge in [-0.3, -0.25) is 9.36 Å². The van der Waals surface area contributed by atoms with Crippen molar-refractivity contribution in [3.8, 4) is 5.75 Å². The highest BCUT2D eigenvalue weighted by Gasteiger charge is 2.26. The Labute approximate surface area is 218 Å². The molecule has 4 rings (SSSR count). The van der Waals surface area contributed by atoms with Gasteiger partial charge in [-0.1, -0.05) is 51.4 Å². The first-order valence-electron chi connectivity index (χ1n) is 12.5. The van der Waals surface area contributed by atoms with Crippen LogP contribution in [0.5, 0.6) is 5.75 Å². The Morgan fingerprint density at radius 1 is 1.14 bits per heavy atom. The van der Waals surface area contributed by atoms with E-state index < -0.39 is 5.82 Å². The molecule has 9 heteroatoms. The van der Waals surface area contributed by atoms with Gasteiger partial charge in [0.15, 0.2) is 11.6 Å². The van der Waals surface area contributed by atoms with Crippen molar-refractivity contribution in [1.82, 2.24) is 9.55 Å². The molecular weight excluding hydrogens is 481 g/mol. The van der Waals surface area contributed by atoms with E-state index >= 15 is 0 Å². The molecule has 0 saturated carbocycles. The number of anilines is 4. The third kappa shape index (κ3) is 6.91. The second-order valence-electron chi connectivity index (χ2n) is 7.78. The first-order valence-corrected chi connectivity index (χ1v) is 12.8. The molecule has 0 aliphatic carbocycles. The molecule has 0 bridgehead atoms. The zero-order chi connectivity index (χ0) is 26.8. The van der Waals surface area contributed by atoms with Crippen LogP contribution >= 0.6 is 11.6 Å². The molecule has 0 unspecified atom stereocenters. The van der Waals surface area contributed by atoms with Crippen LogP contribution in [0.3, 0.4) is 0 Å². The molecular formula is C27H37ClFN5O2. The first-order chi connectivity index (χ1) is 17.4. The second-order valence-corrected chi connectivity index (χ2v) is 8.21. The van der Waals surface area contributed by atoms with Crippen LogP contribution in [0.15, 0.2) is 47.3 Å². The van der Waals surface area contributed by atoms with E-state index in [-0.39, 0.29) is 17.4 Å². The lowest BCUT2D eigenvalue weighted by molar-refractivity contribution is 0.231. The number of nitrogens with zero attached hydrogens (tertiary/aromatic N) is 3. The van der Waals surface area contributed by atoms with Gasteiger partial charge in [0, 0.05) is 23.3 Å². The molecule has 196 valence electrons. The van der Waals surface area contributed by atoms with E-state index in [0.717, 1.165) is 5.56 Å². The van der Waals surface area contributed by atoms with Crippen molar-refractivity contribution in [3.05, 3.63) is 69.2 Å². The first kappa shape index (κ1) is 29.0.